The summed E-state index contributed by atoms with van der Waals surface area (Å²) >= 11 is 0. The lowest BCUT2D eigenvalue weighted by atomic mass is 10.0. The summed E-state index contributed by atoms with van der Waals surface area (Å²) in [6, 6.07) is 13.7. The Hall–Kier alpha value is -3.35. The minimum atomic E-state index is -0.613. The monoisotopic (exact) mass is 342 g/mol. The summed E-state index contributed by atoms with van der Waals surface area (Å²) in [5.41, 5.74) is 1.96. The van der Waals surface area contributed by atoms with Crippen LogP contribution in [-0.4, -0.2) is 37.2 Å². The van der Waals surface area contributed by atoms with Gasteiger partial charge >= 0.3 is 5.97 Å². The van der Waals surface area contributed by atoms with Gasteiger partial charge in [-0.2, -0.15) is 0 Å². The second-order valence-corrected chi connectivity index (χ2v) is 4.87. The van der Waals surface area contributed by atoms with Crippen molar-refractivity contribution in [2.75, 3.05) is 14.2 Å². The summed E-state index contributed by atoms with van der Waals surface area (Å²) in [4.78, 5) is 21.9. The van der Waals surface area contributed by atoms with Crippen molar-refractivity contribution in [2.24, 2.45) is 10.3 Å². The Morgan fingerprint density at radius 3 is 2.68 bits per heavy atom. The summed E-state index contributed by atoms with van der Waals surface area (Å²) in [5, 5.41) is 17.0. The molecule has 0 amide bonds. The second kappa shape index (κ2) is 9.07. The number of nitrogens with zero attached hydrogens (tertiary/aromatic N) is 2. The topological polar surface area (TPSA) is 89.7 Å². The number of rotatable bonds is 7. The van der Waals surface area contributed by atoms with Crippen molar-refractivity contribution in [1.29, 1.82) is 0 Å². The van der Waals surface area contributed by atoms with Crippen molar-refractivity contribution in [3.8, 4) is 5.75 Å². The average molecular weight is 342 g/mol. The van der Waals surface area contributed by atoms with E-state index < -0.39 is 5.97 Å². The van der Waals surface area contributed by atoms with Gasteiger partial charge in [-0.1, -0.05) is 46.7 Å². The van der Waals surface area contributed by atoms with Crippen molar-refractivity contribution in [3.05, 3.63) is 65.2 Å². The summed E-state index contributed by atoms with van der Waals surface area (Å²) in [6.07, 6.45) is 1.48. The molecule has 25 heavy (non-hydrogen) atoms. The third-order valence-corrected chi connectivity index (χ3v) is 3.20. The van der Waals surface area contributed by atoms with Crippen molar-refractivity contribution in [2.45, 2.75) is 6.61 Å². The van der Waals surface area contributed by atoms with Gasteiger partial charge in [0.2, 0.25) is 0 Å². The number of phenolic OH excluding ortho intramolecular Hbond substituents is 1. The third kappa shape index (κ3) is 5.07. The Bertz CT molecular complexity index is 787. The van der Waals surface area contributed by atoms with Gasteiger partial charge < -0.3 is 19.5 Å². The van der Waals surface area contributed by atoms with E-state index in [0.717, 1.165) is 0 Å². The van der Waals surface area contributed by atoms with Gasteiger partial charge in [0.05, 0.1) is 13.3 Å². The molecule has 0 heterocycles. The number of carbonyl (C=O) groups is 1. The van der Waals surface area contributed by atoms with Gasteiger partial charge in [-0.25, -0.2) is 4.79 Å². The highest BCUT2D eigenvalue weighted by molar-refractivity contribution is 6.43. The first kappa shape index (κ1) is 18.0. The molecule has 0 aliphatic heterocycles. The first-order valence-electron chi connectivity index (χ1n) is 7.37. The Morgan fingerprint density at radius 2 is 1.96 bits per heavy atom. The predicted octanol–water partition coefficient (Wildman–Crippen LogP) is 2.47. The maximum Gasteiger partial charge on any atom is 0.360 e. The molecule has 0 aliphatic rings. The maximum atomic E-state index is 11.9. The number of aromatic hydroxyl groups is 1. The smallest absolute Gasteiger partial charge is 0.360 e. The number of phenols is 1. The molecule has 2 rings (SSSR count). The molecule has 0 radical (unpaired) electrons. The fourth-order valence-electron chi connectivity index (χ4n) is 2.07. The van der Waals surface area contributed by atoms with Gasteiger partial charge in [-0.15, -0.1) is 0 Å². The Labute approximate surface area is 145 Å². The molecule has 1 N–H and O–H groups in total. The van der Waals surface area contributed by atoms with Crippen LogP contribution in [0.1, 0.15) is 16.7 Å². The number of hydrogen-bond acceptors (Lipinski definition) is 7. The first-order valence-corrected chi connectivity index (χ1v) is 7.37. The Balaban J connectivity index is 2.12. The van der Waals surface area contributed by atoms with Crippen LogP contribution >= 0.6 is 0 Å². The summed E-state index contributed by atoms with van der Waals surface area (Å²) in [7, 11) is 2.62. The average Bonchev–Trinajstić information content (AvgIpc) is 2.63. The molecule has 7 heteroatoms. The molecule has 7 nitrogen and oxygen atoms in total. The molecule has 0 bridgehead atoms. The van der Waals surface area contributed by atoms with Gasteiger partial charge in [-0.3, -0.25) is 0 Å². The fourth-order valence-corrected chi connectivity index (χ4v) is 2.07. The molecule has 0 spiro atoms. The van der Waals surface area contributed by atoms with E-state index in [1.54, 1.807) is 42.5 Å². The number of esters is 1. The van der Waals surface area contributed by atoms with Crippen LogP contribution in [0, 0.1) is 0 Å². The zero-order valence-electron chi connectivity index (χ0n) is 13.9. The lowest BCUT2D eigenvalue weighted by Crippen LogP contribution is -2.19. The summed E-state index contributed by atoms with van der Waals surface area (Å²) < 4.78 is 4.73. The van der Waals surface area contributed by atoms with Crippen LogP contribution in [0.2, 0.25) is 0 Å². The van der Waals surface area contributed by atoms with E-state index in [4.69, 9.17) is 14.4 Å². The number of hydrogen-bond donors (Lipinski definition) is 1. The van der Waals surface area contributed by atoms with Gasteiger partial charge in [0.25, 0.3) is 0 Å². The molecule has 0 aromatic heterocycles. The molecule has 0 unspecified atom stereocenters. The summed E-state index contributed by atoms with van der Waals surface area (Å²) in [6.45, 7) is 0.116. The lowest BCUT2D eigenvalue weighted by Gasteiger charge is -2.09. The van der Waals surface area contributed by atoms with Crippen LogP contribution in [0.5, 0.6) is 5.75 Å². The van der Waals surface area contributed by atoms with Crippen LogP contribution in [0.3, 0.4) is 0 Å². The van der Waals surface area contributed by atoms with Crippen molar-refractivity contribution >= 4 is 17.9 Å². The first-order chi connectivity index (χ1) is 12.2. The molecule has 0 saturated heterocycles. The van der Waals surface area contributed by atoms with E-state index >= 15 is 0 Å². The van der Waals surface area contributed by atoms with Crippen LogP contribution in [0.4, 0.5) is 0 Å². The van der Waals surface area contributed by atoms with E-state index in [-0.39, 0.29) is 18.1 Å². The van der Waals surface area contributed by atoms with E-state index in [0.29, 0.717) is 16.7 Å². The minimum absolute atomic E-state index is 0.0427. The number of carbonyl (C=O) groups excluding carboxylic acids is 1. The van der Waals surface area contributed by atoms with Gasteiger partial charge in [-0.05, 0) is 17.7 Å². The zero-order valence-corrected chi connectivity index (χ0v) is 13.9. The molecule has 2 aromatic rings. The van der Waals surface area contributed by atoms with Gasteiger partial charge in [0, 0.05) is 11.1 Å². The van der Waals surface area contributed by atoms with E-state index in [1.807, 2.05) is 6.07 Å². The Morgan fingerprint density at radius 1 is 1.16 bits per heavy atom. The molecule has 2 aromatic carbocycles. The maximum absolute atomic E-state index is 11.9. The quantitative estimate of drug-likeness (QED) is 0.474. The molecule has 0 atom stereocenters. The molecule has 130 valence electrons. The number of ether oxygens (including phenoxy) is 1. The fraction of sp³-hybridized carbons (Fsp3) is 0.167. The van der Waals surface area contributed by atoms with Crippen LogP contribution in [0.15, 0.2) is 58.8 Å². The number of benzene rings is 2. The van der Waals surface area contributed by atoms with Crippen LogP contribution in [-0.2, 0) is 25.8 Å². The standard InChI is InChI=1S/C18H18N2O5/c1-23-18(22)17(20-24-2)16-9-4-3-7-14(16)12-25-19-11-13-6-5-8-15(21)10-13/h3-11,21H,12H2,1-2H3/b19-11+,20-17+. The predicted molar refractivity (Wildman–Crippen MR) is 92.5 cm³/mol. The van der Waals surface area contributed by atoms with E-state index in [1.165, 1.54) is 20.4 Å². The Kier molecular flexibility index (Phi) is 6.53. The molecule has 0 fully saturated rings. The van der Waals surface area contributed by atoms with Crippen LogP contribution < -0.4 is 0 Å². The second-order valence-electron chi connectivity index (χ2n) is 4.87. The molecular formula is C18H18N2O5. The molecule has 0 aliphatic carbocycles. The normalized spacial score (nSPS) is 11.4. The number of methoxy groups -OCH3 is 1. The zero-order chi connectivity index (χ0) is 18.1. The van der Waals surface area contributed by atoms with E-state index in [2.05, 4.69) is 10.3 Å². The number of oxime groups is 2. The largest absolute Gasteiger partial charge is 0.508 e. The van der Waals surface area contributed by atoms with Crippen molar-refractivity contribution in [3.63, 3.8) is 0 Å². The van der Waals surface area contributed by atoms with Crippen molar-refractivity contribution < 1.29 is 24.3 Å². The third-order valence-electron chi connectivity index (χ3n) is 3.20. The summed E-state index contributed by atoms with van der Waals surface area (Å²) in [5.74, 6) is -0.467. The lowest BCUT2D eigenvalue weighted by molar-refractivity contribution is -0.132. The highest BCUT2D eigenvalue weighted by Crippen LogP contribution is 2.14. The SMILES string of the molecule is CO/N=C(/C(=O)OC)c1ccccc1CO/N=C/c1cccc(O)c1. The highest BCUT2D eigenvalue weighted by atomic mass is 16.6. The van der Waals surface area contributed by atoms with Crippen molar-refractivity contribution in [1.82, 2.24) is 0 Å². The molecular weight excluding hydrogens is 324 g/mol. The van der Waals surface area contributed by atoms with Gasteiger partial charge in [0.1, 0.15) is 19.5 Å². The van der Waals surface area contributed by atoms with Gasteiger partial charge in [0.15, 0.2) is 5.71 Å². The minimum Gasteiger partial charge on any atom is -0.508 e. The molecule has 0 saturated carbocycles. The van der Waals surface area contributed by atoms with E-state index in [9.17, 15) is 9.90 Å². The van der Waals surface area contributed by atoms with Crippen LogP contribution in [0.25, 0.3) is 0 Å². The highest BCUT2D eigenvalue weighted by Gasteiger charge is 2.19.